The SMILES string of the molecule is CCN1CCN(c2ccc(NC(=O)COc3ccc(F)cc3)c(C)c2)CC1. The largest absolute Gasteiger partial charge is 0.484 e. The second-order valence-corrected chi connectivity index (χ2v) is 6.71. The number of ether oxygens (including phenoxy) is 1. The molecule has 0 spiro atoms. The van der Waals surface area contributed by atoms with Crippen molar-refractivity contribution in [3.05, 3.63) is 53.8 Å². The average molecular weight is 371 g/mol. The number of benzene rings is 2. The van der Waals surface area contributed by atoms with Crippen LogP contribution < -0.4 is 15.0 Å². The van der Waals surface area contributed by atoms with E-state index in [0.29, 0.717) is 5.75 Å². The molecule has 1 heterocycles. The van der Waals surface area contributed by atoms with Crippen molar-refractivity contribution < 1.29 is 13.9 Å². The van der Waals surface area contributed by atoms with Gasteiger partial charge in [-0.15, -0.1) is 0 Å². The van der Waals surface area contributed by atoms with Gasteiger partial charge in [-0.25, -0.2) is 4.39 Å². The Morgan fingerprint density at radius 2 is 1.81 bits per heavy atom. The second kappa shape index (κ2) is 8.86. The number of anilines is 2. The van der Waals surface area contributed by atoms with E-state index in [-0.39, 0.29) is 18.3 Å². The highest BCUT2D eigenvalue weighted by Crippen LogP contribution is 2.24. The van der Waals surface area contributed by atoms with Crippen LogP contribution in [0, 0.1) is 12.7 Å². The number of halogens is 1. The van der Waals surface area contributed by atoms with E-state index in [4.69, 9.17) is 4.74 Å². The van der Waals surface area contributed by atoms with Gasteiger partial charge in [0.2, 0.25) is 0 Å². The zero-order chi connectivity index (χ0) is 19.2. The minimum absolute atomic E-state index is 0.119. The van der Waals surface area contributed by atoms with Crippen molar-refractivity contribution in [2.45, 2.75) is 13.8 Å². The lowest BCUT2D eigenvalue weighted by Gasteiger charge is -2.35. The minimum atomic E-state index is -0.335. The van der Waals surface area contributed by atoms with Gasteiger partial charge >= 0.3 is 0 Å². The lowest BCUT2D eigenvalue weighted by Crippen LogP contribution is -2.46. The predicted octanol–water partition coefficient (Wildman–Crippen LogP) is 3.29. The van der Waals surface area contributed by atoms with Crippen molar-refractivity contribution >= 4 is 17.3 Å². The highest BCUT2D eigenvalue weighted by molar-refractivity contribution is 5.92. The molecular weight excluding hydrogens is 345 g/mol. The molecule has 5 nitrogen and oxygen atoms in total. The molecule has 1 N–H and O–H groups in total. The van der Waals surface area contributed by atoms with E-state index in [1.807, 2.05) is 19.1 Å². The van der Waals surface area contributed by atoms with E-state index in [0.717, 1.165) is 44.0 Å². The van der Waals surface area contributed by atoms with E-state index in [1.165, 1.54) is 30.0 Å². The van der Waals surface area contributed by atoms with Crippen molar-refractivity contribution in [1.29, 1.82) is 0 Å². The summed E-state index contributed by atoms with van der Waals surface area (Å²) in [6.45, 7) is 9.35. The van der Waals surface area contributed by atoms with Crippen LogP contribution in [0.15, 0.2) is 42.5 Å². The third-order valence-corrected chi connectivity index (χ3v) is 4.85. The maximum absolute atomic E-state index is 12.9. The van der Waals surface area contributed by atoms with E-state index >= 15 is 0 Å². The molecule has 0 radical (unpaired) electrons. The van der Waals surface area contributed by atoms with E-state index in [1.54, 1.807) is 0 Å². The Balaban J connectivity index is 1.54. The number of nitrogens with one attached hydrogen (secondary N) is 1. The summed E-state index contributed by atoms with van der Waals surface area (Å²) in [4.78, 5) is 17.0. The van der Waals surface area contributed by atoms with Gasteiger partial charge in [0.25, 0.3) is 5.91 Å². The zero-order valence-corrected chi connectivity index (χ0v) is 15.9. The molecule has 0 atom stereocenters. The molecular formula is C21H26FN3O2. The van der Waals surface area contributed by atoms with Crippen LogP contribution in [0.3, 0.4) is 0 Å². The van der Waals surface area contributed by atoms with Gasteiger partial charge in [-0.1, -0.05) is 6.92 Å². The van der Waals surface area contributed by atoms with Gasteiger partial charge in [-0.3, -0.25) is 4.79 Å². The fourth-order valence-corrected chi connectivity index (χ4v) is 3.17. The Morgan fingerprint density at radius 1 is 1.11 bits per heavy atom. The summed E-state index contributed by atoms with van der Waals surface area (Å²) in [7, 11) is 0. The number of hydrogen-bond donors (Lipinski definition) is 1. The van der Waals surface area contributed by atoms with Gasteiger partial charge in [0, 0.05) is 37.6 Å². The first kappa shape index (κ1) is 19.2. The Morgan fingerprint density at radius 3 is 2.44 bits per heavy atom. The van der Waals surface area contributed by atoms with Gasteiger partial charge in [0.1, 0.15) is 11.6 Å². The lowest BCUT2D eigenvalue weighted by molar-refractivity contribution is -0.118. The molecule has 0 bridgehead atoms. The summed E-state index contributed by atoms with van der Waals surface area (Å²) >= 11 is 0. The van der Waals surface area contributed by atoms with Crippen molar-refractivity contribution in [3.63, 3.8) is 0 Å². The summed E-state index contributed by atoms with van der Waals surface area (Å²) in [6.07, 6.45) is 0. The van der Waals surface area contributed by atoms with Crippen LogP contribution in [-0.2, 0) is 4.79 Å². The van der Waals surface area contributed by atoms with Crippen molar-refractivity contribution in [3.8, 4) is 5.75 Å². The third kappa shape index (κ3) is 5.20. The summed E-state index contributed by atoms with van der Waals surface area (Å²) in [6, 6.07) is 11.7. The highest BCUT2D eigenvalue weighted by Gasteiger charge is 2.16. The molecule has 0 unspecified atom stereocenters. The molecule has 0 aliphatic carbocycles. The van der Waals surface area contributed by atoms with Crippen molar-refractivity contribution in [2.24, 2.45) is 0 Å². The first-order valence-corrected chi connectivity index (χ1v) is 9.31. The molecule has 2 aromatic carbocycles. The maximum atomic E-state index is 12.9. The van der Waals surface area contributed by atoms with Crippen LogP contribution in [-0.4, -0.2) is 50.1 Å². The number of rotatable bonds is 6. The van der Waals surface area contributed by atoms with Crippen LogP contribution in [0.4, 0.5) is 15.8 Å². The standard InChI is InChI=1S/C21H26FN3O2/c1-3-24-10-12-25(13-11-24)18-6-9-20(16(2)14-18)23-21(26)15-27-19-7-4-17(22)5-8-19/h4-9,14H,3,10-13,15H2,1-2H3,(H,23,26). The molecule has 144 valence electrons. The monoisotopic (exact) mass is 371 g/mol. The molecule has 1 amide bonds. The minimum Gasteiger partial charge on any atom is -0.484 e. The molecule has 0 saturated carbocycles. The van der Waals surface area contributed by atoms with Crippen LogP contribution in [0.25, 0.3) is 0 Å². The van der Waals surface area contributed by atoms with Gasteiger partial charge in [-0.05, 0) is 61.5 Å². The Kier molecular flexibility index (Phi) is 6.29. The second-order valence-electron chi connectivity index (χ2n) is 6.71. The molecule has 6 heteroatoms. The average Bonchev–Trinajstić information content (AvgIpc) is 2.69. The maximum Gasteiger partial charge on any atom is 0.262 e. The summed E-state index contributed by atoms with van der Waals surface area (Å²) in [5.41, 5.74) is 2.98. The fourth-order valence-electron chi connectivity index (χ4n) is 3.17. The highest BCUT2D eigenvalue weighted by atomic mass is 19.1. The van der Waals surface area contributed by atoms with Crippen LogP contribution >= 0.6 is 0 Å². The molecule has 1 aliphatic heterocycles. The Labute approximate surface area is 159 Å². The van der Waals surface area contributed by atoms with Crippen LogP contribution in [0.5, 0.6) is 5.75 Å². The van der Waals surface area contributed by atoms with Crippen molar-refractivity contribution in [2.75, 3.05) is 49.5 Å². The summed E-state index contributed by atoms with van der Waals surface area (Å²) in [5, 5.41) is 2.87. The third-order valence-electron chi connectivity index (χ3n) is 4.85. The van der Waals surface area contributed by atoms with E-state index < -0.39 is 0 Å². The molecule has 27 heavy (non-hydrogen) atoms. The molecule has 1 aliphatic rings. The molecule has 1 saturated heterocycles. The number of nitrogens with zero attached hydrogens (tertiary/aromatic N) is 2. The van der Waals surface area contributed by atoms with Gasteiger partial charge < -0.3 is 19.9 Å². The first-order chi connectivity index (χ1) is 13.0. The molecule has 1 fully saturated rings. The number of hydrogen-bond acceptors (Lipinski definition) is 4. The molecule has 3 rings (SSSR count). The Hall–Kier alpha value is -2.60. The number of piperazine rings is 1. The number of likely N-dealkylation sites (N-methyl/N-ethyl adjacent to an activating group) is 1. The number of carbonyl (C=O) groups is 1. The summed E-state index contributed by atoms with van der Waals surface area (Å²) in [5.74, 6) is -0.116. The fraction of sp³-hybridized carbons (Fsp3) is 0.381. The summed E-state index contributed by atoms with van der Waals surface area (Å²) < 4.78 is 18.3. The topological polar surface area (TPSA) is 44.8 Å². The quantitative estimate of drug-likeness (QED) is 0.846. The molecule has 0 aromatic heterocycles. The molecule has 2 aromatic rings. The normalized spacial score (nSPS) is 14.9. The van der Waals surface area contributed by atoms with Crippen molar-refractivity contribution in [1.82, 2.24) is 4.90 Å². The van der Waals surface area contributed by atoms with Crippen LogP contribution in [0.1, 0.15) is 12.5 Å². The number of carbonyl (C=O) groups excluding carboxylic acids is 1. The lowest BCUT2D eigenvalue weighted by atomic mass is 10.1. The number of amides is 1. The zero-order valence-electron chi connectivity index (χ0n) is 15.9. The van der Waals surface area contributed by atoms with Gasteiger partial charge in [-0.2, -0.15) is 0 Å². The van der Waals surface area contributed by atoms with Crippen LogP contribution in [0.2, 0.25) is 0 Å². The first-order valence-electron chi connectivity index (χ1n) is 9.31. The predicted molar refractivity (Wildman–Crippen MR) is 106 cm³/mol. The number of aryl methyl sites for hydroxylation is 1. The van der Waals surface area contributed by atoms with Gasteiger partial charge in [0.05, 0.1) is 0 Å². The van der Waals surface area contributed by atoms with E-state index in [9.17, 15) is 9.18 Å². The van der Waals surface area contributed by atoms with E-state index in [2.05, 4.69) is 28.1 Å². The van der Waals surface area contributed by atoms with Gasteiger partial charge in [0.15, 0.2) is 6.61 Å². The smallest absolute Gasteiger partial charge is 0.262 e. The Bertz CT molecular complexity index is 771.